The van der Waals surface area contributed by atoms with Crippen molar-refractivity contribution >= 4 is 17.4 Å². The SMILES string of the molecule is Cc1ccc(C(=O)N(C)c2cccc(C(N)=NO)c2)o1. The lowest BCUT2D eigenvalue weighted by Crippen LogP contribution is -2.26. The van der Waals surface area contributed by atoms with Gasteiger partial charge in [-0.15, -0.1) is 0 Å². The number of nitrogens with two attached hydrogens (primary N) is 1. The number of anilines is 1. The van der Waals surface area contributed by atoms with Crippen LogP contribution < -0.4 is 10.6 Å². The fourth-order valence-electron chi connectivity index (χ4n) is 1.76. The van der Waals surface area contributed by atoms with Crippen molar-refractivity contribution in [2.75, 3.05) is 11.9 Å². The van der Waals surface area contributed by atoms with Crippen LogP contribution in [-0.4, -0.2) is 24.0 Å². The predicted molar refractivity (Wildman–Crippen MR) is 75.1 cm³/mol. The Kier molecular flexibility index (Phi) is 3.74. The number of oxime groups is 1. The second-order valence-corrected chi connectivity index (χ2v) is 4.31. The third-order valence-electron chi connectivity index (χ3n) is 2.89. The number of hydrogen-bond donors (Lipinski definition) is 2. The molecule has 0 atom stereocenters. The minimum Gasteiger partial charge on any atom is -0.456 e. The van der Waals surface area contributed by atoms with Crippen molar-refractivity contribution in [3.05, 3.63) is 53.5 Å². The summed E-state index contributed by atoms with van der Waals surface area (Å²) in [7, 11) is 1.63. The number of nitrogens with zero attached hydrogens (tertiary/aromatic N) is 2. The molecule has 1 aromatic carbocycles. The highest BCUT2D eigenvalue weighted by atomic mass is 16.4. The van der Waals surface area contributed by atoms with Crippen molar-refractivity contribution in [2.45, 2.75) is 6.92 Å². The van der Waals surface area contributed by atoms with Crippen LogP contribution in [0.1, 0.15) is 21.9 Å². The Labute approximate surface area is 116 Å². The Hall–Kier alpha value is -2.76. The molecule has 0 unspecified atom stereocenters. The molecule has 20 heavy (non-hydrogen) atoms. The summed E-state index contributed by atoms with van der Waals surface area (Å²) in [5.74, 6) is 0.655. The number of carbonyl (C=O) groups is 1. The lowest BCUT2D eigenvalue weighted by atomic mass is 10.1. The second-order valence-electron chi connectivity index (χ2n) is 4.31. The normalized spacial score (nSPS) is 11.4. The highest BCUT2D eigenvalue weighted by Crippen LogP contribution is 2.18. The van der Waals surface area contributed by atoms with Gasteiger partial charge in [-0.25, -0.2) is 0 Å². The van der Waals surface area contributed by atoms with E-state index in [0.29, 0.717) is 17.0 Å². The summed E-state index contributed by atoms with van der Waals surface area (Å²) in [6.07, 6.45) is 0. The quantitative estimate of drug-likeness (QED) is 0.387. The first-order chi connectivity index (χ1) is 9.52. The molecule has 1 amide bonds. The number of hydrogen-bond acceptors (Lipinski definition) is 4. The summed E-state index contributed by atoms with van der Waals surface area (Å²) >= 11 is 0. The van der Waals surface area contributed by atoms with Gasteiger partial charge in [-0.2, -0.15) is 0 Å². The Morgan fingerprint density at radius 2 is 2.10 bits per heavy atom. The summed E-state index contributed by atoms with van der Waals surface area (Å²) < 4.78 is 5.31. The Morgan fingerprint density at radius 1 is 1.35 bits per heavy atom. The smallest absolute Gasteiger partial charge is 0.293 e. The number of carbonyl (C=O) groups excluding carboxylic acids is 1. The molecule has 1 heterocycles. The molecule has 2 aromatic rings. The van der Waals surface area contributed by atoms with Gasteiger partial charge in [0.2, 0.25) is 0 Å². The maximum Gasteiger partial charge on any atom is 0.293 e. The van der Waals surface area contributed by atoms with Crippen LogP contribution in [0.5, 0.6) is 0 Å². The van der Waals surface area contributed by atoms with E-state index in [4.69, 9.17) is 15.4 Å². The van der Waals surface area contributed by atoms with Crippen molar-refractivity contribution in [1.29, 1.82) is 0 Å². The molecule has 0 bridgehead atoms. The molecular formula is C14H15N3O3. The van der Waals surface area contributed by atoms with Crippen molar-refractivity contribution < 1.29 is 14.4 Å². The summed E-state index contributed by atoms with van der Waals surface area (Å²) in [5.41, 5.74) is 6.68. The fraction of sp³-hybridized carbons (Fsp3) is 0.143. The van der Waals surface area contributed by atoms with Gasteiger partial charge in [-0.3, -0.25) is 4.79 Å². The minimum atomic E-state index is -0.269. The maximum atomic E-state index is 12.2. The zero-order chi connectivity index (χ0) is 14.7. The van der Waals surface area contributed by atoms with E-state index < -0.39 is 0 Å². The van der Waals surface area contributed by atoms with Crippen molar-refractivity contribution in [1.82, 2.24) is 0 Å². The van der Waals surface area contributed by atoms with E-state index in [1.165, 1.54) is 4.90 Å². The van der Waals surface area contributed by atoms with E-state index in [1.807, 2.05) is 0 Å². The zero-order valence-corrected chi connectivity index (χ0v) is 11.2. The first kappa shape index (κ1) is 13.7. The van der Waals surface area contributed by atoms with Gasteiger partial charge >= 0.3 is 0 Å². The Morgan fingerprint density at radius 3 is 2.70 bits per heavy atom. The molecule has 2 rings (SSSR count). The van der Waals surface area contributed by atoms with E-state index in [-0.39, 0.29) is 17.5 Å². The number of benzene rings is 1. The highest BCUT2D eigenvalue weighted by Gasteiger charge is 2.17. The van der Waals surface area contributed by atoms with Gasteiger partial charge in [0.25, 0.3) is 5.91 Å². The average Bonchev–Trinajstić information content (AvgIpc) is 2.91. The maximum absolute atomic E-state index is 12.2. The van der Waals surface area contributed by atoms with Crippen molar-refractivity contribution in [3.63, 3.8) is 0 Å². The standard InChI is InChI=1S/C14H15N3O3/c1-9-6-7-12(20-9)14(18)17(2)11-5-3-4-10(8-11)13(15)16-19/h3-8,19H,1-2H3,(H2,15,16). The van der Waals surface area contributed by atoms with Crippen LogP contribution in [0.15, 0.2) is 46.0 Å². The topological polar surface area (TPSA) is 92.1 Å². The van der Waals surface area contributed by atoms with Crippen LogP contribution >= 0.6 is 0 Å². The van der Waals surface area contributed by atoms with Crippen molar-refractivity contribution in [3.8, 4) is 0 Å². The molecule has 6 heteroatoms. The molecule has 0 radical (unpaired) electrons. The van der Waals surface area contributed by atoms with Gasteiger partial charge in [0, 0.05) is 18.3 Å². The van der Waals surface area contributed by atoms with E-state index >= 15 is 0 Å². The molecule has 0 saturated heterocycles. The monoisotopic (exact) mass is 273 g/mol. The largest absolute Gasteiger partial charge is 0.456 e. The van der Waals surface area contributed by atoms with Crippen LogP contribution in [0.25, 0.3) is 0 Å². The summed E-state index contributed by atoms with van der Waals surface area (Å²) in [6.45, 7) is 1.77. The highest BCUT2D eigenvalue weighted by molar-refractivity contribution is 6.05. The van der Waals surface area contributed by atoms with Crippen LogP contribution in [0.3, 0.4) is 0 Å². The molecular weight excluding hydrogens is 258 g/mol. The lowest BCUT2D eigenvalue weighted by Gasteiger charge is -2.16. The molecule has 6 nitrogen and oxygen atoms in total. The molecule has 0 aliphatic heterocycles. The average molecular weight is 273 g/mol. The molecule has 0 aliphatic rings. The summed E-state index contributed by atoms with van der Waals surface area (Å²) in [6, 6.07) is 10.2. The van der Waals surface area contributed by atoms with Crippen LogP contribution in [0, 0.1) is 6.92 Å². The van der Waals surface area contributed by atoms with Gasteiger partial charge in [0.1, 0.15) is 5.76 Å². The third kappa shape index (κ3) is 2.64. The van der Waals surface area contributed by atoms with E-state index in [1.54, 1.807) is 50.4 Å². The minimum absolute atomic E-state index is 0.0125. The summed E-state index contributed by atoms with van der Waals surface area (Å²) in [5, 5.41) is 11.6. The van der Waals surface area contributed by atoms with Crippen molar-refractivity contribution in [2.24, 2.45) is 10.9 Å². The number of amidine groups is 1. The fourth-order valence-corrected chi connectivity index (χ4v) is 1.76. The van der Waals surface area contributed by atoms with Crippen LogP contribution in [0.4, 0.5) is 5.69 Å². The van der Waals surface area contributed by atoms with E-state index in [2.05, 4.69) is 5.16 Å². The van der Waals surface area contributed by atoms with Crippen LogP contribution in [-0.2, 0) is 0 Å². The molecule has 104 valence electrons. The van der Waals surface area contributed by atoms with E-state index in [0.717, 1.165) is 0 Å². The number of amides is 1. The van der Waals surface area contributed by atoms with Crippen LogP contribution in [0.2, 0.25) is 0 Å². The first-order valence-electron chi connectivity index (χ1n) is 5.95. The number of furan rings is 1. The number of aryl methyl sites for hydroxylation is 1. The second kappa shape index (κ2) is 5.48. The molecule has 0 spiro atoms. The Balaban J connectivity index is 2.29. The van der Waals surface area contributed by atoms with E-state index in [9.17, 15) is 4.79 Å². The summed E-state index contributed by atoms with van der Waals surface area (Å²) in [4.78, 5) is 13.7. The van der Waals surface area contributed by atoms with Gasteiger partial charge in [-0.1, -0.05) is 17.3 Å². The van der Waals surface area contributed by atoms with Gasteiger partial charge in [-0.05, 0) is 31.2 Å². The van der Waals surface area contributed by atoms with Gasteiger partial charge in [0.05, 0.1) is 0 Å². The molecule has 0 fully saturated rings. The third-order valence-corrected chi connectivity index (χ3v) is 2.89. The Bertz CT molecular complexity index is 661. The molecule has 1 aromatic heterocycles. The first-order valence-corrected chi connectivity index (χ1v) is 5.95. The van der Waals surface area contributed by atoms with Gasteiger partial charge < -0.3 is 20.3 Å². The zero-order valence-electron chi connectivity index (χ0n) is 11.2. The molecule has 0 saturated carbocycles. The lowest BCUT2D eigenvalue weighted by molar-refractivity contribution is 0.0965. The van der Waals surface area contributed by atoms with Gasteiger partial charge in [0.15, 0.2) is 11.6 Å². The molecule has 0 aliphatic carbocycles. The number of rotatable bonds is 3. The molecule has 3 N–H and O–H groups in total. The predicted octanol–water partition coefficient (Wildman–Crippen LogP) is 1.96.